The summed E-state index contributed by atoms with van der Waals surface area (Å²) in [4.78, 5) is 14.5. The number of likely N-dealkylation sites (tertiary alicyclic amines) is 1. The predicted octanol–water partition coefficient (Wildman–Crippen LogP) is 2.86. The van der Waals surface area contributed by atoms with E-state index in [-0.39, 0.29) is 0 Å². The highest BCUT2D eigenvalue weighted by molar-refractivity contribution is 5.40. The van der Waals surface area contributed by atoms with Gasteiger partial charge in [0.25, 0.3) is 0 Å². The summed E-state index contributed by atoms with van der Waals surface area (Å²) in [6, 6.07) is 6.07. The van der Waals surface area contributed by atoms with E-state index in [2.05, 4.69) is 29.1 Å². The van der Waals surface area contributed by atoms with Crippen LogP contribution in [0, 0.1) is 0 Å². The molecule has 28 heavy (non-hydrogen) atoms. The van der Waals surface area contributed by atoms with Crippen LogP contribution in [0.1, 0.15) is 41.4 Å². The van der Waals surface area contributed by atoms with Crippen molar-refractivity contribution in [1.82, 2.24) is 19.8 Å². The van der Waals surface area contributed by atoms with Gasteiger partial charge < -0.3 is 14.4 Å². The molecule has 0 radical (unpaired) electrons. The number of aromatic nitrogens is 2. The molecule has 3 heterocycles. The minimum Gasteiger partial charge on any atom is -0.497 e. The first-order valence-electron chi connectivity index (χ1n) is 10.1. The Balaban J connectivity index is 1.37. The van der Waals surface area contributed by atoms with E-state index in [4.69, 9.17) is 19.4 Å². The molecule has 0 spiro atoms. The van der Waals surface area contributed by atoms with Crippen molar-refractivity contribution in [3.8, 4) is 11.5 Å². The Labute approximate surface area is 167 Å². The molecule has 6 heteroatoms. The number of benzene rings is 1. The maximum absolute atomic E-state index is 5.55. The molecule has 0 aliphatic carbocycles. The average Bonchev–Trinajstić information content (AvgIpc) is 2.74. The van der Waals surface area contributed by atoms with Crippen LogP contribution in [-0.4, -0.2) is 60.7 Å². The van der Waals surface area contributed by atoms with E-state index < -0.39 is 0 Å². The lowest BCUT2D eigenvalue weighted by Crippen LogP contribution is -2.33. The van der Waals surface area contributed by atoms with Crippen molar-refractivity contribution in [1.29, 1.82) is 0 Å². The Morgan fingerprint density at radius 3 is 2.68 bits per heavy atom. The number of fused-ring (bicyclic) bond motifs is 1. The summed E-state index contributed by atoms with van der Waals surface area (Å²) in [6.45, 7) is 5.08. The molecule has 0 amide bonds. The summed E-state index contributed by atoms with van der Waals surface area (Å²) in [5.41, 5.74) is 3.76. The standard InChI is InChI=1S/C22H30N4O2/c1-25-9-8-20-18(14-25)13-23-22(24-20)16-6-10-26(11-7-16)15-17-4-5-19(27-2)12-21(17)28-3/h4-5,12-13,16H,6-11,14-15H2,1-3H3. The van der Waals surface area contributed by atoms with Gasteiger partial charge in [0, 0.05) is 61.1 Å². The number of rotatable bonds is 5. The molecule has 0 N–H and O–H groups in total. The Morgan fingerprint density at radius 2 is 1.93 bits per heavy atom. The normalized spacial score (nSPS) is 18.7. The SMILES string of the molecule is COc1ccc(CN2CCC(c3ncc4c(n3)CCN(C)C4)CC2)c(OC)c1. The minimum absolute atomic E-state index is 0.471. The van der Waals surface area contributed by atoms with Crippen molar-refractivity contribution < 1.29 is 9.47 Å². The lowest BCUT2D eigenvalue weighted by Gasteiger charge is -2.32. The van der Waals surface area contributed by atoms with Crippen LogP contribution in [0.4, 0.5) is 0 Å². The second kappa shape index (κ2) is 8.45. The number of hydrogen-bond acceptors (Lipinski definition) is 6. The summed E-state index contributed by atoms with van der Waals surface area (Å²) < 4.78 is 10.9. The molecule has 2 aliphatic heterocycles. The van der Waals surface area contributed by atoms with Crippen LogP contribution >= 0.6 is 0 Å². The maximum atomic E-state index is 5.55. The van der Waals surface area contributed by atoms with E-state index in [0.717, 1.165) is 69.3 Å². The first-order valence-corrected chi connectivity index (χ1v) is 10.1. The van der Waals surface area contributed by atoms with E-state index in [0.29, 0.717) is 5.92 Å². The fourth-order valence-corrected chi connectivity index (χ4v) is 4.24. The van der Waals surface area contributed by atoms with E-state index in [9.17, 15) is 0 Å². The fraction of sp³-hybridized carbons (Fsp3) is 0.545. The van der Waals surface area contributed by atoms with Crippen LogP contribution in [0.2, 0.25) is 0 Å². The number of hydrogen-bond donors (Lipinski definition) is 0. The van der Waals surface area contributed by atoms with Gasteiger partial charge in [0.2, 0.25) is 0 Å². The van der Waals surface area contributed by atoms with Crippen molar-refractivity contribution in [3.05, 3.63) is 47.0 Å². The monoisotopic (exact) mass is 382 g/mol. The Kier molecular flexibility index (Phi) is 5.78. The van der Waals surface area contributed by atoms with E-state index in [1.165, 1.54) is 16.8 Å². The number of likely N-dealkylation sites (N-methyl/N-ethyl adjacent to an activating group) is 1. The summed E-state index contributed by atoms with van der Waals surface area (Å²) >= 11 is 0. The van der Waals surface area contributed by atoms with Gasteiger partial charge in [-0.05, 0) is 39.0 Å². The zero-order valence-corrected chi connectivity index (χ0v) is 17.1. The summed E-state index contributed by atoms with van der Waals surface area (Å²) in [7, 11) is 5.56. The molecule has 0 unspecified atom stereocenters. The first kappa shape index (κ1) is 19.2. The van der Waals surface area contributed by atoms with Gasteiger partial charge in [-0.1, -0.05) is 6.07 Å². The molecule has 4 rings (SSSR count). The summed E-state index contributed by atoms with van der Waals surface area (Å²) in [5.74, 6) is 3.24. The molecule has 0 saturated carbocycles. The molecule has 6 nitrogen and oxygen atoms in total. The van der Waals surface area contributed by atoms with Gasteiger partial charge in [-0.25, -0.2) is 9.97 Å². The zero-order chi connectivity index (χ0) is 19.5. The van der Waals surface area contributed by atoms with E-state index >= 15 is 0 Å². The molecule has 1 fully saturated rings. The van der Waals surface area contributed by atoms with Gasteiger partial charge >= 0.3 is 0 Å². The Hall–Kier alpha value is -2.18. The van der Waals surface area contributed by atoms with Crippen LogP contribution < -0.4 is 9.47 Å². The maximum Gasteiger partial charge on any atom is 0.131 e. The van der Waals surface area contributed by atoms with Crippen molar-refractivity contribution >= 4 is 0 Å². The molecular weight excluding hydrogens is 352 g/mol. The molecular formula is C22H30N4O2. The highest BCUT2D eigenvalue weighted by atomic mass is 16.5. The molecule has 1 aromatic carbocycles. The highest BCUT2D eigenvalue weighted by Crippen LogP contribution is 2.30. The van der Waals surface area contributed by atoms with Gasteiger partial charge in [0.05, 0.1) is 14.2 Å². The number of methoxy groups -OCH3 is 2. The van der Waals surface area contributed by atoms with E-state index in [1.807, 2.05) is 12.1 Å². The van der Waals surface area contributed by atoms with Crippen LogP contribution in [0.25, 0.3) is 0 Å². The van der Waals surface area contributed by atoms with E-state index in [1.54, 1.807) is 14.2 Å². The quantitative estimate of drug-likeness (QED) is 0.793. The Bertz CT molecular complexity index is 818. The summed E-state index contributed by atoms with van der Waals surface area (Å²) in [6.07, 6.45) is 5.31. The zero-order valence-electron chi connectivity index (χ0n) is 17.1. The highest BCUT2D eigenvalue weighted by Gasteiger charge is 2.25. The molecule has 1 aromatic heterocycles. The van der Waals surface area contributed by atoms with Crippen molar-refractivity contribution in [2.45, 2.75) is 38.3 Å². The minimum atomic E-state index is 0.471. The third kappa shape index (κ3) is 4.13. The number of nitrogens with zero attached hydrogens (tertiary/aromatic N) is 4. The van der Waals surface area contributed by atoms with Crippen molar-refractivity contribution in [2.75, 3.05) is 40.9 Å². The summed E-state index contributed by atoms with van der Waals surface area (Å²) in [5, 5.41) is 0. The van der Waals surface area contributed by atoms with Crippen LogP contribution in [-0.2, 0) is 19.5 Å². The lowest BCUT2D eigenvalue weighted by atomic mass is 9.95. The van der Waals surface area contributed by atoms with Gasteiger partial charge in [-0.15, -0.1) is 0 Å². The van der Waals surface area contributed by atoms with Gasteiger partial charge in [0.15, 0.2) is 0 Å². The van der Waals surface area contributed by atoms with Gasteiger partial charge in [0.1, 0.15) is 17.3 Å². The van der Waals surface area contributed by atoms with Gasteiger partial charge in [-0.3, -0.25) is 4.90 Å². The van der Waals surface area contributed by atoms with Crippen LogP contribution in [0.5, 0.6) is 11.5 Å². The smallest absolute Gasteiger partial charge is 0.131 e. The molecule has 0 atom stereocenters. The predicted molar refractivity (Wildman–Crippen MR) is 109 cm³/mol. The third-order valence-corrected chi connectivity index (χ3v) is 5.98. The van der Waals surface area contributed by atoms with Crippen molar-refractivity contribution in [2.24, 2.45) is 0 Å². The molecule has 2 aromatic rings. The topological polar surface area (TPSA) is 50.7 Å². The first-order chi connectivity index (χ1) is 13.7. The lowest BCUT2D eigenvalue weighted by molar-refractivity contribution is 0.199. The fourth-order valence-electron chi connectivity index (χ4n) is 4.24. The number of piperidine rings is 1. The molecule has 150 valence electrons. The van der Waals surface area contributed by atoms with Crippen LogP contribution in [0.15, 0.2) is 24.4 Å². The second-order valence-electron chi connectivity index (χ2n) is 7.92. The second-order valence-corrected chi connectivity index (χ2v) is 7.92. The van der Waals surface area contributed by atoms with Crippen molar-refractivity contribution in [3.63, 3.8) is 0 Å². The van der Waals surface area contributed by atoms with Crippen LogP contribution in [0.3, 0.4) is 0 Å². The third-order valence-electron chi connectivity index (χ3n) is 5.98. The largest absolute Gasteiger partial charge is 0.497 e. The molecule has 0 bridgehead atoms. The Morgan fingerprint density at radius 1 is 1.11 bits per heavy atom. The average molecular weight is 383 g/mol. The van der Waals surface area contributed by atoms with Gasteiger partial charge in [-0.2, -0.15) is 0 Å². The molecule has 2 aliphatic rings. The number of ether oxygens (including phenoxy) is 2. The molecule has 1 saturated heterocycles.